The summed E-state index contributed by atoms with van der Waals surface area (Å²) in [6.45, 7) is -3.83. The molecule has 0 spiro atoms. The van der Waals surface area contributed by atoms with Gasteiger partial charge in [-0.05, 0) is 50.5 Å². The van der Waals surface area contributed by atoms with Crippen molar-refractivity contribution in [2.24, 2.45) is 5.41 Å². The summed E-state index contributed by atoms with van der Waals surface area (Å²) in [5.41, 5.74) is 11.7. The first-order valence-corrected chi connectivity index (χ1v) is 21.4. The Morgan fingerprint density at radius 1 is 0.948 bits per heavy atom. The number of carbonyl (C=O) groups excluding carboxylic acids is 1. The third kappa shape index (κ3) is 7.87. The predicted octanol–water partition coefficient (Wildman–Crippen LogP) is 1.79. The van der Waals surface area contributed by atoms with E-state index in [9.17, 15) is 29.3 Å². The van der Waals surface area contributed by atoms with E-state index in [0.717, 1.165) is 0 Å². The standard InChI is InChI=1S/C31H36N10O14P2S/c1-31(29(43)44)6-3-2-4-14(5-7-31)50-30(45)53-22-20-16(52-28(22)41-13-39-18-24(33)35-11-37-26(18)41)9-49-57(47,58)55-21-19(42)15(8-48-56(46)54-20)51-27(21)40-12-38-17-23(32)34-10-36-25(17)40/h2,4,10-16,19-22,27-28,42H,3,5-9H2,1H3,(H5-,32,33,34,35,36,37,43,44,47,58)/p+1/b4-2+/t14?,15-,16-,19-,20-,21-,22-,27-,28-,31?,57?/m1/s1. The molecular formula is C31H37N10O14P2S+. The zero-order valence-electron chi connectivity index (χ0n) is 30.3. The molecule has 3 fully saturated rings. The first kappa shape index (κ1) is 40.4. The maximum atomic E-state index is 13.6. The van der Waals surface area contributed by atoms with Gasteiger partial charge in [-0.25, -0.2) is 34.7 Å². The van der Waals surface area contributed by atoms with E-state index in [2.05, 4.69) is 29.9 Å². The summed E-state index contributed by atoms with van der Waals surface area (Å²) in [4.78, 5) is 61.8. The van der Waals surface area contributed by atoms with Crippen molar-refractivity contribution in [3.05, 3.63) is 37.5 Å². The smallest absolute Gasteiger partial charge is 0.481 e. The largest absolute Gasteiger partial charge is 0.698 e. The lowest BCUT2D eigenvalue weighted by molar-refractivity contribution is -0.149. The van der Waals surface area contributed by atoms with Crippen molar-refractivity contribution in [2.75, 3.05) is 24.7 Å². The van der Waals surface area contributed by atoms with Crippen molar-refractivity contribution in [2.45, 2.75) is 87.8 Å². The van der Waals surface area contributed by atoms with Crippen molar-refractivity contribution < 1.29 is 66.3 Å². The Hall–Kier alpha value is -4.39. The third-order valence-corrected chi connectivity index (χ3v) is 12.7. The van der Waals surface area contributed by atoms with Crippen LogP contribution in [0.3, 0.4) is 0 Å². The Labute approximate surface area is 333 Å². The van der Waals surface area contributed by atoms with Gasteiger partial charge in [0.05, 0.1) is 24.7 Å². The number of aliphatic carboxylic acids is 1. The number of hydrogen-bond donors (Lipinski definition) is 5. The van der Waals surface area contributed by atoms with Gasteiger partial charge in [0.1, 0.15) is 60.8 Å². The van der Waals surface area contributed by atoms with Gasteiger partial charge in [0.15, 0.2) is 47.6 Å². The second kappa shape index (κ2) is 16.0. The topological polar surface area (TPSA) is 325 Å². The second-order valence-corrected chi connectivity index (χ2v) is 17.8. The number of hydrogen-bond acceptors (Lipinski definition) is 21. The maximum absolute atomic E-state index is 13.6. The lowest BCUT2D eigenvalue weighted by Gasteiger charge is -2.28. The van der Waals surface area contributed by atoms with Crippen molar-refractivity contribution in [1.29, 1.82) is 0 Å². The number of carboxylic acid groups (broad SMARTS) is 1. The van der Waals surface area contributed by atoms with Crippen LogP contribution in [0.5, 0.6) is 0 Å². The molecule has 3 saturated heterocycles. The first-order valence-electron chi connectivity index (χ1n) is 17.8. The Bertz CT molecular complexity index is 2320. The molecule has 58 heavy (non-hydrogen) atoms. The average molecular weight is 868 g/mol. The summed E-state index contributed by atoms with van der Waals surface area (Å²) < 4.78 is 63.3. The second-order valence-electron chi connectivity index (χ2n) is 14.1. The molecule has 27 heteroatoms. The fraction of sp³-hybridized carbons (Fsp3) is 0.548. The summed E-state index contributed by atoms with van der Waals surface area (Å²) in [5, 5.41) is 21.1. The number of aromatic nitrogens is 8. The number of ether oxygens (including phenoxy) is 4. The number of aliphatic hydroxyl groups is 1. The van der Waals surface area contributed by atoms with Crippen molar-refractivity contribution in [3.63, 3.8) is 0 Å². The first-order chi connectivity index (χ1) is 27.7. The van der Waals surface area contributed by atoms with Crippen LogP contribution in [0.1, 0.15) is 45.1 Å². The highest BCUT2D eigenvalue weighted by molar-refractivity contribution is 8.07. The monoisotopic (exact) mass is 867 g/mol. The van der Waals surface area contributed by atoms with Gasteiger partial charge in [-0.2, -0.15) is 0 Å². The summed E-state index contributed by atoms with van der Waals surface area (Å²) in [5.74, 6) is -0.852. The highest BCUT2D eigenvalue weighted by Crippen LogP contribution is 2.52. The number of nitrogen functional groups attached to an aromatic ring is 2. The van der Waals surface area contributed by atoms with E-state index in [0.29, 0.717) is 12.8 Å². The highest BCUT2D eigenvalue weighted by Gasteiger charge is 2.56. The zero-order valence-corrected chi connectivity index (χ0v) is 32.9. The van der Waals surface area contributed by atoms with E-state index < -0.39 is 101 Å². The quantitative estimate of drug-likeness (QED) is 0.108. The molecule has 3 aliphatic heterocycles. The molecular weight excluding hydrogens is 830 g/mol. The van der Waals surface area contributed by atoms with Crippen LogP contribution in [0, 0.1) is 5.41 Å². The lowest BCUT2D eigenvalue weighted by atomic mass is 9.79. The minimum atomic E-state index is -4.32. The SMILES string of the molecule is CC1(C(=O)O)CC/C=C/C(OC(=O)O[C@@H]2[C@@H]3O[P+](=O)OC[C@H]4O[C@@H](n5cnc6c(N)ncnc65)[C@H](OP(O)(=S)OC[C@H]3O[C@H]2n2cnc3c(N)ncnc32)[C@@H]4O)CC1. The lowest BCUT2D eigenvalue weighted by Crippen LogP contribution is -2.39. The Balaban J connectivity index is 1.08. The van der Waals surface area contributed by atoms with Gasteiger partial charge >= 0.3 is 27.1 Å². The Morgan fingerprint density at radius 3 is 2.28 bits per heavy atom. The highest BCUT2D eigenvalue weighted by atomic mass is 32.5. The van der Waals surface area contributed by atoms with E-state index in [-0.39, 0.29) is 46.8 Å². The number of imidazole rings is 2. The number of anilines is 2. The van der Waals surface area contributed by atoms with Crippen LogP contribution >= 0.6 is 15.0 Å². The van der Waals surface area contributed by atoms with Crippen LogP contribution in [0.15, 0.2) is 37.5 Å². The number of nitrogens with two attached hydrogens (primary N) is 2. The molecule has 310 valence electrons. The fourth-order valence-electron chi connectivity index (χ4n) is 7.15. The molecule has 12 atom stereocenters. The molecule has 2 bridgehead atoms. The van der Waals surface area contributed by atoms with Crippen LogP contribution < -0.4 is 11.5 Å². The van der Waals surface area contributed by atoms with Gasteiger partial charge < -0.3 is 50.0 Å². The van der Waals surface area contributed by atoms with Gasteiger partial charge in [-0.1, -0.05) is 6.08 Å². The summed E-state index contributed by atoms with van der Waals surface area (Å²) >= 11 is 5.39. The van der Waals surface area contributed by atoms with Crippen molar-refractivity contribution in [1.82, 2.24) is 39.0 Å². The number of aliphatic hydroxyl groups excluding tert-OH is 1. The molecule has 0 aromatic carbocycles. The maximum Gasteiger partial charge on any atom is 0.698 e. The van der Waals surface area contributed by atoms with E-state index in [1.807, 2.05) is 0 Å². The normalized spacial score (nSPS) is 35.8. The average Bonchev–Trinajstić information content (AvgIpc) is 3.95. The summed E-state index contributed by atoms with van der Waals surface area (Å²) in [6, 6.07) is 0. The van der Waals surface area contributed by atoms with Crippen molar-refractivity contribution in [3.8, 4) is 0 Å². The van der Waals surface area contributed by atoms with E-state index >= 15 is 0 Å². The van der Waals surface area contributed by atoms with Gasteiger partial charge in [0.25, 0.3) is 0 Å². The molecule has 7 heterocycles. The molecule has 24 nitrogen and oxygen atoms in total. The van der Waals surface area contributed by atoms with Gasteiger partial charge in [0, 0.05) is 4.57 Å². The zero-order chi connectivity index (χ0) is 40.9. The van der Waals surface area contributed by atoms with Gasteiger partial charge in [-0.3, -0.25) is 18.5 Å². The number of allylic oxidation sites excluding steroid dienone is 1. The Morgan fingerprint density at radius 2 is 1.60 bits per heavy atom. The molecule has 4 aromatic heterocycles. The van der Waals surface area contributed by atoms with E-state index in [1.165, 1.54) is 34.4 Å². The van der Waals surface area contributed by atoms with Crippen LogP contribution in [0.2, 0.25) is 0 Å². The molecule has 8 rings (SSSR count). The summed E-state index contributed by atoms with van der Waals surface area (Å²) in [7, 11) is -3.10. The van der Waals surface area contributed by atoms with Gasteiger partial charge in [0.2, 0.25) is 0 Å². The number of carboxylic acids is 1. The molecule has 0 amide bonds. The molecule has 1 aliphatic carbocycles. The number of rotatable bonds is 5. The minimum absolute atomic E-state index is 0.0386. The molecule has 4 unspecified atom stereocenters. The minimum Gasteiger partial charge on any atom is -0.481 e. The molecule has 0 radical (unpaired) electrons. The molecule has 7 N–H and O–H groups in total. The molecule has 4 aromatic rings. The molecule has 0 saturated carbocycles. The van der Waals surface area contributed by atoms with Crippen LogP contribution in [0.25, 0.3) is 22.3 Å². The van der Waals surface area contributed by atoms with Crippen molar-refractivity contribution >= 4 is 72.9 Å². The third-order valence-electron chi connectivity index (χ3n) is 10.3. The number of carbonyl (C=O) groups is 2. The van der Waals surface area contributed by atoms with Crippen LogP contribution in [-0.2, 0) is 58.2 Å². The molecule has 4 aliphatic rings. The predicted molar refractivity (Wildman–Crippen MR) is 198 cm³/mol. The van der Waals surface area contributed by atoms with E-state index in [4.69, 9.17) is 60.3 Å². The van der Waals surface area contributed by atoms with Crippen LogP contribution in [-0.4, -0.2) is 122 Å². The van der Waals surface area contributed by atoms with Crippen LogP contribution in [0.4, 0.5) is 16.4 Å². The number of nitrogens with zero attached hydrogens (tertiary/aromatic N) is 8. The van der Waals surface area contributed by atoms with Gasteiger partial charge in [-0.15, -0.1) is 9.05 Å². The Kier molecular flexibility index (Phi) is 11.1. The fourth-order valence-corrected chi connectivity index (χ4v) is 9.34. The summed E-state index contributed by atoms with van der Waals surface area (Å²) in [6.07, 6.45) is -3.48. The number of fused-ring (bicyclic) bond motifs is 5. The van der Waals surface area contributed by atoms with E-state index in [1.54, 1.807) is 19.1 Å².